The molecule has 0 aliphatic carbocycles. The lowest BCUT2D eigenvalue weighted by Crippen LogP contribution is -2.29. The molecule has 2 atom stereocenters. The lowest BCUT2D eigenvalue weighted by Gasteiger charge is -2.27. The summed E-state index contributed by atoms with van der Waals surface area (Å²) in [4.78, 5) is 12.7. The third kappa shape index (κ3) is 6.90. The van der Waals surface area contributed by atoms with Crippen LogP contribution in [0.1, 0.15) is 57.1 Å². The molecular formula is C32H33FN2O6. The summed E-state index contributed by atoms with van der Waals surface area (Å²) in [6.07, 6.45) is 2.03. The molecule has 2 unspecified atom stereocenters. The average Bonchev–Trinajstić information content (AvgIpc) is 2.96. The molecule has 3 aromatic rings. The van der Waals surface area contributed by atoms with Crippen molar-refractivity contribution in [3.05, 3.63) is 89.1 Å². The van der Waals surface area contributed by atoms with Crippen molar-refractivity contribution in [2.75, 3.05) is 13.2 Å². The van der Waals surface area contributed by atoms with Crippen molar-refractivity contribution >= 4 is 5.97 Å². The van der Waals surface area contributed by atoms with E-state index >= 15 is 0 Å². The summed E-state index contributed by atoms with van der Waals surface area (Å²) < 4.78 is 42.4. The zero-order chi connectivity index (χ0) is 29.4. The molecule has 0 aromatic heterocycles. The Labute approximate surface area is 239 Å². The summed E-state index contributed by atoms with van der Waals surface area (Å²) in [6, 6.07) is 18.3. The van der Waals surface area contributed by atoms with Crippen LogP contribution in [0.3, 0.4) is 0 Å². The number of nitriles is 1. The Balaban J connectivity index is 1.58. The van der Waals surface area contributed by atoms with Gasteiger partial charge in [-0.1, -0.05) is 44.0 Å². The predicted octanol–water partition coefficient (Wildman–Crippen LogP) is 6.38. The van der Waals surface area contributed by atoms with Gasteiger partial charge in [0.15, 0.2) is 29.2 Å². The zero-order valence-corrected chi connectivity index (χ0v) is 23.3. The van der Waals surface area contributed by atoms with Crippen LogP contribution in [0, 0.1) is 17.1 Å². The number of nitrogens with zero attached hydrogens (tertiary/aromatic N) is 1. The minimum absolute atomic E-state index is 0.0532. The van der Waals surface area contributed by atoms with E-state index in [0.29, 0.717) is 36.0 Å². The van der Waals surface area contributed by atoms with Gasteiger partial charge >= 0.3 is 5.97 Å². The second-order valence-electron chi connectivity index (χ2n) is 9.43. The largest absolute Gasteiger partial charge is 0.490 e. The highest BCUT2D eigenvalue weighted by molar-refractivity contribution is 5.77. The van der Waals surface area contributed by atoms with Crippen LogP contribution in [-0.2, 0) is 4.79 Å². The lowest BCUT2D eigenvalue weighted by molar-refractivity contribution is -0.141. The zero-order valence-electron chi connectivity index (χ0n) is 23.3. The molecule has 3 aromatic carbocycles. The van der Waals surface area contributed by atoms with Gasteiger partial charge in [0, 0.05) is 11.6 Å². The van der Waals surface area contributed by atoms with Crippen LogP contribution < -0.4 is 29.4 Å². The second kappa shape index (κ2) is 13.6. The molecule has 41 heavy (non-hydrogen) atoms. The molecule has 214 valence electrons. The molecule has 8 nitrogen and oxygen atoms in total. The van der Waals surface area contributed by atoms with Gasteiger partial charge in [0.2, 0.25) is 5.88 Å². The summed E-state index contributed by atoms with van der Waals surface area (Å²) in [7, 11) is 0. The highest BCUT2D eigenvalue weighted by Crippen LogP contribution is 2.45. The Hall–Kier alpha value is -4.71. The number of hydrogen-bond acceptors (Lipinski definition) is 8. The van der Waals surface area contributed by atoms with Crippen LogP contribution in [0.5, 0.6) is 28.7 Å². The third-order valence-corrected chi connectivity index (χ3v) is 6.49. The number of hydrogen-bond donors (Lipinski definition) is 1. The number of fused-ring (bicyclic) bond motifs is 1. The summed E-state index contributed by atoms with van der Waals surface area (Å²) >= 11 is 0. The molecule has 9 heteroatoms. The van der Waals surface area contributed by atoms with Gasteiger partial charge in [0.25, 0.3) is 0 Å². The number of benzene rings is 3. The predicted molar refractivity (Wildman–Crippen MR) is 150 cm³/mol. The normalized spacial score (nSPS) is 14.8. The first kappa shape index (κ1) is 29.3. The molecule has 2 N–H and O–H groups in total. The minimum Gasteiger partial charge on any atom is -0.490 e. The summed E-state index contributed by atoms with van der Waals surface area (Å²) in [6.45, 7) is 6.51. The number of esters is 1. The van der Waals surface area contributed by atoms with Crippen molar-refractivity contribution in [1.29, 1.82) is 5.26 Å². The van der Waals surface area contributed by atoms with Gasteiger partial charge in [-0.2, -0.15) is 5.26 Å². The van der Waals surface area contributed by atoms with Crippen molar-refractivity contribution in [2.24, 2.45) is 5.73 Å². The van der Waals surface area contributed by atoms with Gasteiger partial charge in [0.05, 0.1) is 19.1 Å². The maximum absolute atomic E-state index is 13.9. The van der Waals surface area contributed by atoms with Gasteiger partial charge < -0.3 is 29.4 Å². The molecule has 0 amide bonds. The molecule has 0 fully saturated rings. The van der Waals surface area contributed by atoms with Gasteiger partial charge in [-0.05, 0) is 56.2 Å². The van der Waals surface area contributed by atoms with Crippen molar-refractivity contribution in [2.45, 2.75) is 52.1 Å². The number of unbranched alkanes of at least 4 members (excludes halogenated alkanes) is 2. The van der Waals surface area contributed by atoms with E-state index in [-0.39, 0.29) is 23.0 Å². The molecule has 0 saturated heterocycles. The Morgan fingerprint density at radius 1 is 1.05 bits per heavy atom. The molecule has 0 spiro atoms. The molecule has 0 saturated carbocycles. The molecule has 4 rings (SSSR count). The highest BCUT2D eigenvalue weighted by Gasteiger charge is 2.32. The fraction of sp³-hybridized carbons (Fsp3) is 0.312. The van der Waals surface area contributed by atoms with E-state index in [1.54, 1.807) is 18.2 Å². The summed E-state index contributed by atoms with van der Waals surface area (Å²) in [5, 5.41) is 9.95. The smallest absolute Gasteiger partial charge is 0.352 e. The number of halogens is 1. The van der Waals surface area contributed by atoms with Crippen LogP contribution in [0.2, 0.25) is 0 Å². The SMILES string of the molecule is CCCCCOc1ccc(C2C(C#N)=C(N)Oc3cc(OC(=O)C(C)Oc4ccccc4F)ccc32)cc1OCC. The third-order valence-electron chi connectivity index (χ3n) is 6.49. The average molecular weight is 561 g/mol. The van der Waals surface area contributed by atoms with Crippen molar-refractivity contribution in [1.82, 2.24) is 0 Å². The number of allylic oxidation sites excluding steroid dienone is 1. The molecule has 0 bridgehead atoms. The van der Waals surface area contributed by atoms with Gasteiger partial charge in [-0.3, -0.25) is 0 Å². The Bertz CT molecular complexity index is 1460. The van der Waals surface area contributed by atoms with Gasteiger partial charge in [-0.15, -0.1) is 0 Å². The van der Waals surface area contributed by atoms with Crippen LogP contribution in [-0.4, -0.2) is 25.3 Å². The van der Waals surface area contributed by atoms with E-state index < -0.39 is 23.8 Å². The summed E-state index contributed by atoms with van der Waals surface area (Å²) in [5.41, 5.74) is 7.83. The Kier molecular flexibility index (Phi) is 9.69. The molecule has 1 aliphatic rings. The van der Waals surface area contributed by atoms with Gasteiger partial charge in [0.1, 0.15) is 23.1 Å². The number of ether oxygens (including phenoxy) is 5. The van der Waals surface area contributed by atoms with Crippen molar-refractivity contribution < 1.29 is 32.9 Å². The van der Waals surface area contributed by atoms with Crippen LogP contribution in [0.15, 0.2) is 72.1 Å². The number of carbonyl (C=O) groups excluding carboxylic acids is 1. The van der Waals surface area contributed by atoms with E-state index in [1.165, 1.54) is 31.2 Å². The number of carbonyl (C=O) groups is 1. The lowest BCUT2D eigenvalue weighted by atomic mass is 9.83. The summed E-state index contributed by atoms with van der Waals surface area (Å²) in [5.74, 6) is -0.264. The van der Waals surface area contributed by atoms with Crippen molar-refractivity contribution in [3.8, 4) is 34.8 Å². The standard InChI is InChI=1S/C32H33FN2O6/c1-4-6-9-16-38-27-15-12-21(17-29(27)37-5-2)30-23-14-13-22(18-28(23)41-31(35)24(30)19-34)40-32(36)20(3)39-26-11-8-7-10-25(26)33/h7-8,10-15,17-18,20,30H,4-6,9,16,35H2,1-3H3. The fourth-order valence-corrected chi connectivity index (χ4v) is 4.45. The Morgan fingerprint density at radius 2 is 1.85 bits per heavy atom. The Morgan fingerprint density at radius 3 is 2.59 bits per heavy atom. The first-order valence-electron chi connectivity index (χ1n) is 13.6. The topological polar surface area (TPSA) is 113 Å². The first-order valence-corrected chi connectivity index (χ1v) is 13.6. The quantitative estimate of drug-likeness (QED) is 0.154. The van der Waals surface area contributed by atoms with Crippen LogP contribution >= 0.6 is 0 Å². The van der Waals surface area contributed by atoms with E-state index in [1.807, 2.05) is 25.1 Å². The molecule has 1 aliphatic heterocycles. The number of para-hydroxylation sites is 1. The van der Waals surface area contributed by atoms with E-state index in [4.69, 9.17) is 29.4 Å². The minimum atomic E-state index is -1.08. The molecule has 1 heterocycles. The molecule has 0 radical (unpaired) electrons. The fourth-order valence-electron chi connectivity index (χ4n) is 4.45. The van der Waals surface area contributed by atoms with E-state index in [0.717, 1.165) is 24.8 Å². The molecular weight excluding hydrogens is 527 g/mol. The van der Waals surface area contributed by atoms with E-state index in [9.17, 15) is 14.4 Å². The second-order valence-corrected chi connectivity index (χ2v) is 9.43. The van der Waals surface area contributed by atoms with Crippen LogP contribution in [0.25, 0.3) is 0 Å². The first-order chi connectivity index (χ1) is 19.9. The maximum Gasteiger partial charge on any atom is 0.352 e. The van der Waals surface area contributed by atoms with Gasteiger partial charge in [-0.25, -0.2) is 9.18 Å². The monoisotopic (exact) mass is 560 g/mol. The number of nitrogens with two attached hydrogens (primary N) is 1. The van der Waals surface area contributed by atoms with Crippen molar-refractivity contribution in [3.63, 3.8) is 0 Å². The van der Waals surface area contributed by atoms with E-state index in [2.05, 4.69) is 13.0 Å². The number of rotatable bonds is 12. The van der Waals surface area contributed by atoms with Crippen LogP contribution in [0.4, 0.5) is 4.39 Å². The highest BCUT2D eigenvalue weighted by atomic mass is 19.1. The maximum atomic E-state index is 13.9.